The normalized spacial score (nSPS) is 19.4. The van der Waals surface area contributed by atoms with Crippen molar-refractivity contribution in [2.75, 3.05) is 26.7 Å². The Kier molecular flexibility index (Phi) is 5.74. The zero-order chi connectivity index (χ0) is 17.8. The molecule has 0 saturated carbocycles. The predicted molar refractivity (Wildman–Crippen MR) is 101 cm³/mol. The quantitative estimate of drug-likeness (QED) is 0.849. The van der Waals surface area contributed by atoms with Gasteiger partial charge in [-0.1, -0.05) is 48.0 Å². The van der Waals surface area contributed by atoms with Crippen LogP contribution in [0.3, 0.4) is 0 Å². The van der Waals surface area contributed by atoms with Gasteiger partial charge in [0.05, 0.1) is 7.11 Å². The first-order valence-corrected chi connectivity index (χ1v) is 8.87. The van der Waals surface area contributed by atoms with Gasteiger partial charge in [0, 0.05) is 30.7 Å². The number of hydrogen-bond acceptors (Lipinski definition) is 4. The third-order valence-corrected chi connectivity index (χ3v) is 5.06. The summed E-state index contributed by atoms with van der Waals surface area (Å²) < 4.78 is 4.86. The second kappa shape index (κ2) is 8.00. The van der Waals surface area contributed by atoms with Gasteiger partial charge in [-0.15, -0.1) is 0 Å². The number of rotatable bonds is 4. The average Bonchev–Trinajstić information content (AvgIpc) is 2.67. The standard InChI is InChI=1S/C20H23ClN2O2/c1-14(23-12-11-22-19(13-23)20(24)25-2)15-3-5-16(6-4-15)17-7-9-18(21)10-8-17/h3-10,14,19,22H,11-13H2,1-2H3/t14-,19-/m0/s1. The first-order valence-electron chi connectivity index (χ1n) is 8.49. The average molecular weight is 359 g/mol. The third-order valence-electron chi connectivity index (χ3n) is 4.81. The second-order valence-corrected chi connectivity index (χ2v) is 6.77. The van der Waals surface area contributed by atoms with Crippen LogP contribution in [0, 0.1) is 0 Å². The summed E-state index contributed by atoms with van der Waals surface area (Å²) in [6.07, 6.45) is 0. The van der Waals surface area contributed by atoms with Gasteiger partial charge in [0.2, 0.25) is 0 Å². The molecule has 1 saturated heterocycles. The molecule has 132 valence electrons. The van der Waals surface area contributed by atoms with E-state index in [9.17, 15) is 4.79 Å². The Morgan fingerprint density at radius 1 is 1.16 bits per heavy atom. The lowest BCUT2D eigenvalue weighted by atomic mass is 10.00. The highest BCUT2D eigenvalue weighted by Gasteiger charge is 2.28. The molecule has 0 spiro atoms. The maximum atomic E-state index is 11.8. The van der Waals surface area contributed by atoms with Crippen molar-refractivity contribution in [1.29, 1.82) is 0 Å². The van der Waals surface area contributed by atoms with Crippen molar-refractivity contribution >= 4 is 17.6 Å². The second-order valence-electron chi connectivity index (χ2n) is 6.33. The molecule has 2 aromatic rings. The topological polar surface area (TPSA) is 41.6 Å². The lowest BCUT2D eigenvalue weighted by Gasteiger charge is -2.36. The lowest BCUT2D eigenvalue weighted by molar-refractivity contribution is -0.144. The van der Waals surface area contributed by atoms with Gasteiger partial charge in [-0.3, -0.25) is 9.69 Å². The van der Waals surface area contributed by atoms with Gasteiger partial charge in [0.1, 0.15) is 6.04 Å². The maximum absolute atomic E-state index is 11.8. The number of nitrogens with zero attached hydrogens (tertiary/aromatic N) is 1. The monoisotopic (exact) mass is 358 g/mol. The van der Waals surface area contributed by atoms with Crippen LogP contribution >= 0.6 is 11.6 Å². The molecule has 0 aromatic heterocycles. The molecule has 0 bridgehead atoms. The van der Waals surface area contributed by atoms with Crippen LogP contribution in [0.15, 0.2) is 48.5 Å². The molecule has 4 nitrogen and oxygen atoms in total. The Labute approximate surface area is 153 Å². The summed E-state index contributed by atoms with van der Waals surface area (Å²) in [5.41, 5.74) is 3.56. The minimum atomic E-state index is -0.255. The van der Waals surface area contributed by atoms with E-state index < -0.39 is 0 Å². The van der Waals surface area contributed by atoms with E-state index in [4.69, 9.17) is 16.3 Å². The summed E-state index contributed by atoms with van der Waals surface area (Å²) >= 11 is 5.95. The first-order chi connectivity index (χ1) is 12.1. The molecule has 0 radical (unpaired) electrons. The zero-order valence-corrected chi connectivity index (χ0v) is 15.3. The molecule has 2 aromatic carbocycles. The molecular formula is C20H23ClN2O2. The van der Waals surface area contributed by atoms with Gasteiger partial charge in [-0.05, 0) is 35.7 Å². The van der Waals surface area contributed by atoms with E-state index in [1.165, 1.54) is 18.2 Å². The van der Waals surface area contributed by atoms with Crippen molar-refractivity contribution in [3.05, 3.63) is 59.1 Å². The number of halogens is 1. The summed E-state index contributed by atoms with van der Waals surface area (Å²) in [5, 5.41) is 3.96. The van der Waals surface area contributed by atoms with E-state index in [-0.39, 0.29) is 18.1 Å². The molecule has 0 amide bonds. The van der Waals surface area contributed by atoms with Crippen molar-refractivity contribution in [3.63, 3.8) is 0 Å². The zero-order valence-electron chi connectivity index (χ0n) is 14.5. The largest absolute Gasteiger partial charge is 0.468 e. The summed E-state index contributed by atoms with van der Waals surface area (Å²) in [7, 11) is 1.43. The SMILES string of the molecule is COC(=O)[C@@H]1CN([C@@H](C)c2ccc(-c3ccc(Cl)cc3)cc2)CCN1. The fraction of sp³-hybridized carbons (Fsp3) is 0.350. The molecule has 1 aliphatic heterocycles. The van der Waals surface area contributed by atoms with Crippen molar-refractivity contribution in [2.24, 2.45) is 0 Å². The molecule has 0 aliphatic carbocycles. The van der Waals surface area contributed by atoms with E-state index in [2.05, 4.69) is 41.4 Å². The summed E-state index contributed by atoms with van der Waals surface area (Å²) in [6, 6.07) is 16.4. The lowest BCUT2D eigenvalue weighted by Crippen LogP contribution is -2.54. The van der Waals surface area contributed by atoms with E-state index in [0.717, 1.165) is 23.7 Å². The fourth-order valence-electron chi connectivity index (χ4n) is 3.23. The Hall–Kier alpha value is -1.88. The van der Waals surface area contributed by atoms with E-state index >= 15 is 0 Å². The summed E-state index contributed by atoms with van der Waals surface area (Å²) in [6.45, 7) is 4.53. The highest BCUT2D eigenvalue weighted by atomic mass is 35.5. The number of methoxy groups -OCH3 is 1. The Morgan fingerprint density at radius 3 is 2.36 bits per heavy atom. The Morgan fingerprint density at radius 2 is 1.76 bits per heavy atom. The smallest absolute Gasteiger partial charge is 0.324 e. The minimum absolute atomic E-state index is 0.199. The minimum Gasteiger partial charge on any atom is -0.468 e. The molecular weight excluding hydrogens is 336 g/mol. The van der Waals surface area contributed by atoms with Gasteiger partial charge in [-0.2, -0.15) is 0 Å². The molecule has 5 heteroatoms. The van der Waals surface area contributed by atoms with E-state index in [1.54, 1.807) is 0 Å². The highest BCUT2D eigenvalue weighted by Crippen LogP contribution is 2.26. The molecule has 1 fully saturated rings. The number of carbonyl (C=O) groups excluding carboxylic acids is 1. The molecule has 25 heavy (non-hydrogen) atoms. The number of esters is 1. The number of ether oxygens (including phenoxy) is 1. The van der Waals surface area contributed by atoms with E-state index in [1.807, 2.05) is 24.3 Å². The van der Waals surface area contributed by atoms with Crippen molar-refractivity contribution < 1.29 is 9.53 Å². The number of hydrogen-bond donors (Lipinski definition) is 1. The van der Waals surface area contributed by atoms with Gasteiger partial charge < -0.3 is 10.1 Å². The molecule has 2 atom stereocenters. The number of carbonyl (C=O) groups is 1. The summed E-state index contributed by atoms with van der Waals surface area (Å²) in [5.74, 6) is -0.199. The van der Waals surface area contributed by atoms with Crippen LogP contribution in [0.25, 0.3) is 11.1 Å². The number of piperazine rings is 1. The van der Waals surface area contributed by atoms with Crippen LogP contribution in [0.5, 0.6) is 0 Å². The fourth-order valence-corrected chi connectivity index (χ4v) is 3.36. The molecule has 3 rings (SSSR count). The highest BCUT2D eigenvalue weighted by molar-refractivity contribution is 6.30. The van der Waals surface area contributed by atoms with Crippen LogP contribution in [0.2, 0.25) is 5.02 Å². The van der Waals surface area contributed by atoms with Crippen LogP contribution < -0.4 is 5.32 Å². The van der Waals surface area contributed by atoms with Gasteiger partial charge >= 0.3 is 5.97 Å². The van der Waals surface area contributed by atoms with Gasteiger partial charge in [-0.25, -0.2) is 0 Å². The van der Waals surface area contributed by atoms with Gasteiger partial charge in [0.25, 0.3) is 0 Å². The number of benzene rings is 2. The van der Waals surface area contributed by atoms with Crippen LogP contribution in [-0.2, 0) is 9.53 Å². The van der Waals surface area contributed by atoms with Crippen LogP contribution in [0.4, 0.5) is 0 Å². The van der Waals surface area contributed by atoms with Crippen molar-refractivity contribution in [1.82, 2.24) is 10.2 Å². The summed E-state index contributed by atoms with van der Waals surface area (Å²) in [4.78, 5) is 14.1. The maximum Gasteiger partial charge on any atom is 0.324 e. The molecule has 1 heterocycles. The van der Waals surface area contributed by atoms with Crippen LogP contribution in [-0.4, -0.2) is 43.7 Å². The number of nitrogens with one attached hydrogen (secondary N) is 1. The van der Waals surface area contributed by atoms with E-state index in [0.29, 0.717) is 6.54 Å². The predicted octanol–water partition coefficient (Wildman–Crippen LogP) is 3.51. The Bertz CT molecular complexity index is 715. The first kappa shape index (κ1) is 17.9. The molecule has 1 aliphatic rings. The van der Waals surface area contributed by atoms with Crippen molar-refractivity contribution in [3.8, 4) is 11.1 Å². The molecule has 0 unspecified atom stereocenters. The Balaban J connectivity index is 1.71. The van der Waals surface area contributed by atoms with Crippen LogP contribution in [0.1, 0.15) is 18.5 Å². The molecule has 1 N–H and O–H groups in total. The van der Waals surface area contributed by atoms with Gasteiger partial charge in [0.15, 0.2) is 0 Å². The third kappa shape index (κ3) is 4.21. The van der Waals surface area contributed by atoms with Crippen molar-refractivity contribution in [2.45, 2.75) is 19.0 Å².